The summed E-state index contributed by atoms with van der Waals surface area (Å²) in [5.41, 5.74) is 1.88. The van der Waals surface area contributed by atoms with Gasteiger partial charge >= 0.3 is 0 Å². The summed E-state index contributed by atoms with van der Waals surface area (Å²) < 4.78 is 0.983. The first-order valence-corrected chi connectivity index (χ1v) is 5.58. The van der Waals surface area contributed by atoms with Gasteiger partial charge in [0.25, 0.3) is 5.69 Å². The Bertz CT molecular complexity index is 762. The van der Waals surface area contributed by atoms with E-state index in [1.165, 1.54) is 12.1 Å². The Morgan fingerprint density at radius 2 is 1.79 bits per heavy atom. The van der Waals surface area contributed by atoms with Crippen LogP contribution >= 0.6 is 0 Å². The number of fused-ring (bicyclic) bond motifs is 1. The molecule has 0 bridgehead atoms. The zero-order chi connectivity index (χ0) is 13.4. The van der Waals surface area contributed by atoms with Gasteiger partial charge in [0.2, 0.25) is 0 Å². The molecule has 0 aliphatic rings. The maximum atomic E-state index is 10.6. The minimum absolute atomic E-state index is 0.00403. The van der Waals surface area contributed by atoms with Crippen LogP contribution in [0.4, 0.5) is 5.69 Å². The summed E-state index contributed by atoms with van der Waals surface area (Å²) in [5.74, 6) is 0.357. The number of aromatic nitrogens is 2. The number of hydrogen-bond donors (Lipinski definition) is 1. The van der Waals surface area contributed by atoms with E-state index in [4.69, 9.17) is 0 Å². The van der Waals surface area contributed by atoms with Gasteiger partial charge in [0.15, 0.2) is 5.82 Å². The van der Waals surface area contributed by atoms with Crippen LogP contribution in [0.2, 0.25) is 0 Å². The Hall–Kier alpha value is -2.89. The molecular weight excluding hydrogens is 246 g/mol. The van der Waals surface area contributed by atoms with Crippen LogP contribution in [0, 0.1) is 10.1 Å². The lowest BCUT2D eigenvalue weighted by molar-refractivity contribution is -0.384. The molecular formula is C13H9N3O3. The van der Waals surface area contributed by atoms with Gasteiger partial charge in [-0.2, -0.15) is 4.73 Å². The monoisotopic (exact) mass is 255 g/mol. The van der Waals surface area contributed by atoms with Crippen LogP contribution in [-0.4, -0.2) is 19.8 Å². The van der Waals surface area contributed by atoms with Gasteiger partial charge in [-0.1, -0.05) is 12.1 Å². The van der Waals surface area contributed by atoms with Crippen LogP contribution in [0.3, 0.4) is 0 Å². The zero-order valence-electron chi connectivity index (χ0n) is 9.72. The van der Waals surface area contributed by atoms with Gasteiger partial charge in [0.05, 0.1) is 10.4 Å². The molecule has 6 heteroatoms. The highest BCUT2D eigenvalue weighted by Crippen LogP contribution is 2.24. The Labute approximate surface area is 107 Å². The molecule has 6 nitrogen and oxygen atoms in total. The molecule has 0 atom stereocenters. The van der Waals surface area contributed by atoms with Crippen LogP contribution < -0.4 is 0 Å². The van der Waals surface area contributed by atoms with Gasteiger partial charge in [-0.3, -0.25) is 10.1 Å². The molecule has 3 rings (SSSR count). The van der Waals surface area contributed by atoms with Crippen molar-refractivity contribution in [3.8, 4) is 11.4 Å². The van der Waals surface area contributed by atoms with Crippen molar-refractivity contribution in [3.05, 3.63) is 58.6 Å². The quantitative estimate of drug-likeness (QED) is 0.433. The Balaban J connectivity index is 2.13. The number of para-hydroxylation sites is 2. The number of non-ortho nitro benzene ring substituents is 1. The van der Waals surface area contributed by atoms with Gasteiger partial charge in [-0.25, -0.2) is 4.98 Å². The second-order valence-electron chi connectivity index (χ2n) is 4.04. The van der Waals surface area contributed by atoms with Gasteiger partial charge in [0, 0.05) is 17.7 Å². The van der Waals surface area contributed by atoms with Gasteiger partial charge in [-0.05, 0) is 24.3 Å². The molecule has 0 saturated carbocycles. The summed E-state index contributed by atoms with van der Waals surface area (Å²) in [5, 5.41) is 20.6. The third-order valence-electron chi connectivity index (χ3n) is 2.87. The van der Waals surface area contributed by atoms with E-state index in [9.17, 15) is 15.3 Å². The summed E-state index contributed by atoms with van der Waals surface area (Å²) in [7, 11) is 0. The molecule has 0 unspecified atom stereocenters. The van der Waals surface area contributed by atoms with Crippen molar-refractivity contribution in [1.82, 2.24) is 9.71 Å². The van der Waals surface area contributed by atoms with E-state index in [1.807, 2.05) is 6.07 Å². The van der Waals surface area contributed by atoms with E-state index in [-0.39, 0.29) is 5.69 Å². The summed E-state index contributed by atoms with van der Waals surface area (Å²) >= 11 is 0. The number of nitro groups is 1. The minimum atomic E-state index is -0.467. The van der Waals surface area contributed by atoms with Gasteiger partial charge in [0.1, 0.15) is 5.52 Å². The molecule has 1 heterocycles. The van der Waals surface area contributed by atoms with Crippen molar-refractivity contribution < 1.29 is 10.1 Å². The SMILES string of the molecule is O=[N+]([O-])c1ccc(-c2nc3ccccc3n2O)cc1. The smallest absolute Gasteiger partial charge is 0.269 e. The number of nitro benzene ring substituents is 1. The van der Waals surface area contributed by atoms with E-state index in [0.29, 0.717) is 22.4 Å². The van der Waals surface area contributed by atoms with Crippen molar-refractivity contribution >= 4 is 16.7 Å². The molecule has 0 radical (unpaired) electrons. The number of rotatable bonds is 2. The zero-order valence-corrected chi connectivity index (χ0v) is 9.72. The van der Waals surface area contributed by atoms with Crippen molar-refractivity contribution in [2.45, 2.75) is 0 Å². The maximum Gasteiger partial charge on any atom is 0.269 e. The second kappa shape index (κ2) is 4.09. The van der Waals surface area contributed by atoms with Crippen LogP contribution in [0.1, 0.15) is 0 Å². The number of hydrogen-bond acceptors (Lipinski definition) is 4. The van der Waals surface area contributed by atoms with Gasteiger partial charge < -0.3 is 5.21 Å². The second-order valence-corrected chi connectivity index (χ2v) is 4.04. The highest BCUT2D eigenvalue weighted by molar-refractivity contribution is 5.80. The molecule has 1 N–H and O–H groups in total. The van der Waals surface area contributed by atoms with E-state index in [0.717, 1.165) is 4.73 Å². The average molecular weight is 255 g/mol. The number of imidazole rings is 1. The Morgan fingerprint density at radius 3 is 2.42 bits per heavy atom. The first-order chi connectivity index (χ1) is 9.16. The lowest BCUT2D eigenvalue weighted by atomic mass is 10.2. The molecule has 94 valence electrons. The predicted molar refractivity (Wildman–Crippen MR) is 69.0 cm³/mol. The number of benzene rings is 2. The normalized spacial score (nSPS) is 10.7. The average Bonchev–Trinajstić information content (AvgIpc) is 2.77. The molecule has 2 aromatic carbocycles. The summed E-state index contributed by atoms with van der Waals surface area (Å²) in [6.45, 7) is 0. The largest absolute Gasteiger partial charge is 0.426 e. The van der Waals surface area contributed by atoms with E-state index in [2.05, 4.69) is 4.98 Å². The van der Waals surface area contributed by atoms with Crippen molar-refractivity contribution in [3.63, 3.8) is 0 Å². The fraction of sp³-hybridized carbons (Fsp3) is 0. The highest BCUT2D eigenvalue weighted by Gasteiger charge is 2.12. The first-order valence-electron chi connectivity index (χ1n) is 5.58. The van der Waals surface area contributed by atoms with Crippen molar-refractivity contribution in [2.75, 3.05) is 0 Å². The Kier molecular flexibility index (Phi) is 2.42. The molecule has 1 aromatic heterocycles. The summed E-state index contributed by atoms with van der Waals surface area (Å²) in [6, 6.07) is 13.1. The van der Waals surface area contributed by atoms with E-state index >= 15 is 0 Å². The summed E-state index contributed by atoms with van der Waals surface area (Å²) in [6.07, 6.45) is 0. The topological polar surface area (TPSA) is 81.2 Å². The standard InChI is InChI=1S/C13H9N3O3/c17-15-12-4-2-1-3-11(12)14-13(15)9-5-7-10(8-6-9)16(18)19/h1-8,17H. The van der Waals surface area contributed by atoms with Crippen LogP contribution in [0.25, 0.3) is 22.4 Å². The fourth-order valence-corrected chi connectivity index (χ4v) is 1.93. The predicted octanol–water partition coefficient (Wildman–Crippen LogP) is 2.85. The molecule has 19 heavy (non-hydrogen) atoms. The van der Waals surface area contributed by atoms with Crippen LogP contribution in [0.5, 0.6) is 0 Å². The minimum Gasteiger partial charge on any atom is -0.426 e. The fourth-order valence-electron chi connectivity index (χ4n) is 1.93. The van der Waals surface area contributed by atoms with Crippen molar-refractivity contribution in [2.24, 2.45) is 0 Å². The Morgan fingerprint density at radius 1 is 1.11 bits per heavy atom. The van der Waals surface area contributed by atoms with Gasteiger partial charge in [-0.15, -0.1) is 0 Å². The van der Waals surface area contributed by atoms with E-state index in [1.54, 1.807) is 30.3 Å². The van der Waals surface area contributed by atoms with E-state index < -0.39 is 4.92 Å². The lowest BCUT2D eigenvalue weighted by Gasteiger charge is -2.00. The molecule has 3 aromatic rings. The third kappa shape index (κ3) is 1.79. The maximum absolute atomic E-state index is 10.6. The lowest BCUT2D eigenvalue weighted by Crippen LogP contribution is -1.94. The molecule has 0 saturated heterocycles. The third-order valence-corrected chi connectivity index (χ3v) is 2.87. The molecule has 0 fully saturated rings. The number of nitrogens with zero attached hydrogens (tertiary/aromatic N) is 3. The van der Waals surface area contributed by atoms with Crippen LogP contribution in [0.15, 0.2) is 48.5 Å². The highest BCUT2D eigenvalue weighted by atomic mass is 16.6. The van der Waals surface area contributed by atoms with Crippen molar-refractivity contribution in [1.29, 1.82) is 0 Å². The summed E-state index contributed by atoms with van der Waals surface area (Å²) in [4.78, 5) is 14.4. The molecule has 0 amide bonds. The van der Waals surface area contributed by atoms with Crippen LogP contribution in [-0.2, 0) is 0 Å². The molecule has 0 aliphatic carbocycles. The molecule has 0 aliphatic heterocycles. The molecule has 0 spiro atoms. The first kappa shape index (κ1) is 11.2.